The number of hydrogen-bond donors (Lipinski definition) is 0. The van der Waals surface area contributed by atoms with Gasteiger partial charge in [0.05, 0.1) is 19.1 Å². The summed E-state index contributed by atoms with van der Waals surface area (Å²) in [6, 6.07) is 2.00. The second-order valence-corrected chi connectivity index (χ2v) is 6.84. The molecule has 1 aliphatic rings. The van der Waals surface area contributed by atoms with Crippen molar-refractivity contribution in [1.29, 1.82) is 0 Å². The predicted octanol–water partition coefficient (Wildman–Crippen LogP) is 2.96. The van der Waals surface area contributed by atoms with Crippen LogP contribution in [-0.2, 0) is 9.53 Å². The molecular weight excluding hydrogens is 314 g/mol. The number of nitrogens with zero attached hydrogens (tertiary/aromatic N) is 3. The lowest BCUT2D eigenvalue weighted by molar-refractivity contribution is -0.141. The third-order valence-electron chi connectivity index (χ3n) is 4.02. The standard InChI is InChI=1S/C16H21N3O3S/c1-10(2)14-17-18-15(22-14)13-8-19(5-6-21-13)16(20)11(3)12-4-7-23-9-12/h4,7,9-11,13H,5-6,8H2,1-3H3. The fourth-order valence-corrected chi connectivity index (χ4v) is 3.30. The number of morpholine rings is 1. The summed E-state index contributed by atoms with van der Waals surface area (Å²) in [5.41, 5.74) is 1.06. The highest BCUT2D eigenvalue weighted by atomic mass is 32.1. The van der Waals surface area contributed by atoms with Crippen LogP contribution in [0.1, 0.15) is 56.1 Å². The number of aromatic nitrogens is 2. The summed E-state index contributed by atoms with van der Waals surface area (Å²) in [6.45, 7) is 7.46. The molecule has 0 aromatic carbocycles. The van der Waals surface area contributed by atoms with E-state index in [4.69, 9.17) is 9.15 Å². The van der Waals surface area contributed by atoms with Crippen molar-refractivity contribution in [2.24, 2.45) is 0 Å². The van der Waals surface area contributed by atoms with Crippen molar-refractivity contribution in [2.75, 3.05) is 19.7 Å². The molecule has 2 aromatic rings. The van der Waals surface area contributed by atoms with Crippen LogP contribution in [0.25, 0.3) is 0 Å². The Bertz CT molecular complexity index is 653. The van der Waals surface area contributed by atoms with Crippen molar-refractivity contribution in [3.05, 3.63) is 34.2 Å². The lowest BCUT2D eigenvalue weighted by atomic mass is 10.0. The molecular formula is C16H21N3O3S. The van der Waals surface area contributed by atoms with E-state index in [1.165, 1.54) is 0 Å². The van der Waals surface area contributed by atoms with Crippen LogP contribution in [0.3, 0.4) is 0 Å². The fraction of sp³-hybridized carbons (Fsp3) is 0.562. The van der Waals surface area contributed by atoms with Crippen LogP contribution in [0.2, 0.25) is 0 Å². The Labute approximate surface area is 139 Å². The van der Waals surface area contributed by atoms with Crippen molar-refractivity contribution in [1.82, 2.24) is 15.1 Å². The molecule has 7 heteroatoms. The normalized spacial score (nSPS) is 20.0. The van der Waals surface area contributed by atoms with Gasteiger partial charge < -0.3 is 14.1 Å². The minimum atomic E-state index is -0.345. The number of hydrogen-bond acceptors (Lipinski definition) is 6. The highest BCUT2D eigenvalue weighted by Crippen LogP contribution is 2.26. The summed E-state index contributed by atoms with van der Waals surface area (Å²) in [7, 11) is 0. The van der Waals surface area contributed by atoms with Gasteiger partial charge in [0.15, 0.2) is 6.10 Å². The molecule has 1 saturated heterocycles. The maximum Gasteiger partial charge on any atom is 0.247 e. The smallest absolute Gasteiger partial charge is 0.247 e. The van der Waals surface area contributed by atoms with Gasteiger partial charge >= 0.3 is 0 Å². The van der Waals surface area contributed by atoms with E-state index in [2.05, 4.69) is 10.2 Å². The summed E-state index contributed by atoms with van der Waals surface area (Å²) in [5.74, 6) is 1.19. The van der Waals surface area contributed by atoms with E-state index in [9.17, 15) is 4.79 Å². The molecule has 0 spiro atoms. The number of carbonyl (C=O) groups excluding carboxylic acids is 1. The molecule has 3 heterocycles. The Morgan fingerprint density at radius 3 is 2.87 bits per heavy atom. The summed E-state index contributed by atoms with van der Waals surface area (Å²) < 4.78 is 11.4. The van der Waals surface area contributed by atoms with Gasteiger partial charge in [0.2, 0.25) is 17.7 Å². The average Bonchev–Trinajstić information content (AvgIpc) is 3.25. The molecule has 2 unspecified atom stereocenters. The molecule has 1 amide bonds. The highest BCUT2D eigenvalue weighted by molar-refractivity contribution is 7.08. The number of amides is 1. The quantitative estimate of drug-likeness (QED) is 0.859. The van der Waals surface area contributed by atoms with E-state index >= 15 is 0 Å². The Hall–Kier alpha value is -1.73. The van der Waals surface area contributed by atoms with Crippen LogP contribution in [0.4, 0.5) is 0 Å². The molecule has 0 aliphatic carbocycles. The first-order valence-corrected chi connectivity index (χ1v) is 8.76. The largest absolute Gasteiger partial charge is 0.422 e. The highest BCUT2D eigenvalue weighted by Gasteiger charge is 2.31. The summed E-state index contributed by atoms with van der Waals surface area (Å²) in [4.78, 5) is 14.5. The minimum absolute atomic E-state index is 0.111. The average molecular weight is 335 g/mol. The second-order valence-electron chi connectivity index (χ2n) is 6.06. The fourth-order valence-electron chi connectivity index (χ4n) is 2.55. The molecule has 3 rings (SSSR count). The van der Waals surface area contributed by atoms with Crippen molar-refractivity contribution < 1.29 is 13.9 Å². The molecule has 0 saturated carbocycles. The van der Waals surface area contributed by atoms with Gasteiger partial charge in [0.25, 0.3) is 0 Å². The lowest BCUT2D eigenvalue weighted by Gasteiger charge is -2.33. The van der Waals surface area contributed by atoms with Crippen molar-refractivity contribution in [3.8, 4) is 0 Å². The topological polar surface area (TPSA) is 68.5 Å². The molecule has 2 atom stereocenters. The van der Waals surface area contributed by atoms with Crippen LogP contribution in [0.15, 0.2) is 21.2 Å². The number of ether oxygens (including phenoxy) is 1. The molecule has 23 heavy (non-hydrogen) atoms. The van der Waals surface area contributed by atoms with Gasteiger partial charge in [-0.25, -0.2) is 0 Å². The Kier molecular flexibility index (Phi) is 4.77. The van der Waals surface area contributed by atoms with Gasteiger partial charge in [-0.2, -0.15) is 11.3 Å². The first kappa shape index (κ1) is 16.1. The van der Waals surface area contributed by atoms with Crippen LogP contribution in [0, 0.1) is 0 Å². The van der Waals surface area contributed by atoms with Gasteiger partial charge in [-0.1, -0.05) is 13.8 Å². The molecule has 2 aromatic heterocycles. The Morgan fingerprint density at radius 1 is 1.39 bits per heavy atom. The van der Waals surface area contributed by atoms with E-state index in [1.54, 1.807) is 11.3 Å². The number of rotatable bonds is 4. The maximum atomic E-state index is 12.7. The zero-order valence-electron chi connectivity index (χ0n) is 13.6. The van der Waals surface area contributed by atoms with Gasteiger partial charge in [-0.3, -0.25) is 4.79 Å². The van der Waals surface area contributed by atoms with Gasteiger partial charge in [-0.05, 0) is 29.3 Å². The van der Waals surface area contributed by atoms with E-state index in [1.807, 2.05) is 42.5 Å². The number of carbonyl (C=O) groups is 1. The zero-order valence-corrected chi connectivity index (χ0v) is 14.4. The van der Waals surface area contributed by atoms with E-state index in [0.29, 0.717) is 31.5 Å². The van der Waals surface area contributed by atoms with Gasteiger partial charge in [0.1, 0.15) is 0 Å². The molecule has 124 valence electrons. The monoisotopic (exact) mass is 335 g/mol. The van der Waals surface area contributed by atoms with Crippen LogP contribution in [-0.4, -0.2) is 40.7 Å². The van der Waals surface area contributed by atoms with Crippen molar-refractivity contribution >= 4 is 17.2 Å². The molecule has 0 radical (unpaired) electrons. The first-order chi connectivity index (χ1) is 11.1. The summed E-state index contributed by atoms with van der Waals surface area (Å²) in [6.07, 6.45) is -0.345. The molecule has 1 aliphatic heterocycles. The summed E-state index contributed by atoms with van der Waals surface area (Å²) >= 11 is 1.61. The molecule has 1 fully saturated rings. The van der Waals surface area contributed by atoms with Gasteiger partial charge in [0, 0.05) is 12.5 Å². The van der Waals surface area contributed by atoms with Crippen LogP contribution < -0.4 is 0 Å². The molecule has 0 bridgehead atoms. The Morgan fingerprint density at radius 2 is 2.22 bits per heavy atom. The summed E-state index contributed by atoms with van der Waals surface area (Å²) in [5, 5.41) is 12.1. The SMILES string of the molecule is CC(C)c1nnc(C2CN(C(=O)C(C)c3ccsc3)CCO2)o1. The third kappa shape index (κ3) is 3.45. The second kappa shape index (κ2) is 6.80. The zero-order chi connectivity index (χ0) is 16.4. The minimum Gasteiger partial charge on any atom is -0.422 e. The first-order valence-electron chi connectivity index (χ1n) is 7.82. The van der Waals surface area contributed by atoms with Crippen molar-refractivity contribution in [2.45, 2.75) is 38.7 Å². The van der Waals surface area contributed by atoms with E-state index in [0.717, 1.165) is 5.56 Å². The molecule has 0 N–H and O–H groups in total. The number of thiophene rings is 1. The van der Waals surface area contributed by atoms with Crippen LogP contribution in [0.5, 0.6) is 0 Å². The maximum absolute atomic E-state index is 12.7. The Balaban J connectivity index is 1.69. The van der Waals surface area contributed by atoms with E-state index < -0.39 is 0 Å². The predicted molar refractivity (Wildman–Crippen MR) is 86.4 cm³/mol. The lowest BCUT2D eigenvalue weighted by Crippen LogP contribution is -2.44. The molecule has 6 nitrogen and oxygen atoms in total. The van der Waals surface area contributed by atoms with Crippen molar-refractivity contribution in [3.63, 3.8) is 0 Å². The van der Waals surface area contributed by atoms with E-state index in [-0.39, 0.29) is 23.8 Å². The van der Waals surface area contributed by atoms with Gasteiger partial charge in [-0.15, -0.1) is 10.2 Å². The van der Waals surface area contributed by atoms with Crippen LogP contribution >= 0.6 is 11.3 Å². The third-order valence-corrected chi connectivity index (χ3v) is 4.72.